The molecular formula is C12H23N3O. The first-order chi connectivity index (χ1) is 7.74. The van der Waals surface area contributed by atoms with Crippen molar-refractivity contribution in [3.05, 3.63) is 0 Å². The lowest BCUT2D eigenvalue weighted by atomic mass is 9.97. The Morgan fingerprint density at radius 2 is 2.38 bits per heavy atom. The molecule has 2 rings (SSSR count). The molecule has 0 aromatic heterocycles. The van der Waals surface area contributed by atoms with Gasteiger partial charge in [0.15, 0.2) is 0 Å². The van der Waals surface area contributed by atoms with Gasteiger partial charge in [0.25, 0.3) is 0 Å². The predicted molar refractivity (Wildman–Crippen MR) is 64.3 cm³/mol. The molecule has 2 N–H and O–H groups in total. The molecule has 0 aromatic rings. The number of carbonyl (C=O) groups is 1. The minimum Gasteiger partial charge on any atom is -0.355 e. The fraction of sp³-hybridized carbons (Fsp3) is 0.917. The van der Waals surface area contributed by atoms with Crippen LogP contribution in [0.5, 0.6) is 0 Å². The van der Waals surface area contributed by atoms with Gasteiger partial charge in [-0.3, -0.25) is 4.79 Å². The molecule has 4 heteroatoms. The molecule has 1 amide bonds. The highest BCUT2D eigenvalue weighted by atomic mass is 16.1. The van der Waals surface area contributed by atoms with Crippen LogP contribution in [-0.2, 0) is 4.79 Å². The zero-order valence-corrected chi connectivity index (χ0v) is 10.2. The highest BCUT2D eigenvalue weighted by Gasteiger charge is 2.21. The summed E-state index contributed by atoms with van der Waals surface area (Å²) in [5, 5.41) is 6.51. The van der Waals surface area contributed by atoms with Crippen molar-refractivity contribution in [2.45, 2.75) is 31.7 Å². The Morgan fingerprint density at radius 3 is 3.06 bits per heavy atom. The monoisotopic (exact) mass is 225 g/mol. The SMILES string of the molecule is CN1CCCC(CNC2CCC(=O)NC2)C1. The summed E-state index contributed by atoms with van der Waals surface area (Å²) in [4.78, 5) is 13.4. The van der Waals surface area contributed by atoms with E-state index in [2.05, 4.69) is 22.6 Å². The van der Waals surface area contributed by atoms with Crippen molar-refractivity contribution in [1.82, 2.24) is 15.5 Å². The van der Waals surface area contributed by atoms with Crippen LogP contribution in [0, 0.1) is 5.92 Å². The molecule has 0 aromatic carbocycles. The van der Waals surface area contributed by atoms with Crippen molar-refractivity contribution < 1.29 is 4.79 Å². The van der Waals surface area contributed by atoms with E-state index in [4.69, 9.17) is 0 Å². The first kappa shape index (κ1) is 11.9. The lowest BCUT2D eigenvalue weighted by molar-refractivity contribution is -0.122. The second kappa shape index (κ2) is 5.64. The molecule has 2 aliphatic rings. The number of hydrogen-bond donors (Lipinski definition) is 2. The topological polar surface area (TPSA) is 44.4 Å². The lowest BCUT2D eigenvalue weighted by Crippen LogP contribution is -2.48. The second-order valence-corrected chi connectivity index (χ2v) is 5.22. The fourth-order valence-electron chi connectivity index (χ4n) is 2.68. The molecular weight excluding hydrogens is 202 g/mol. The Labute approximate surface area is 97.8 Å². The number of nitrogens with one attached hydrogen (secondary N) is 2. The molecule has 92 valence electrons. The summed E-state index contributed by atoms with van der Waals surface area (Å²) in [6.45, 7) is 4.37. The average Bonchev–Trinajstić information content (AvgIpc) is 2.28. The molecule has 0 spiro atoms. The lowest BCUT2D eigenvalue weighted by Gasteiger charge is -2.32. The molecule has 0 saturated carbocycles. The first-order valence-corrected chi connectivity index (χ1v) is 6.42. The molecule has 2 unspecified atom stereocenters. The molecule has 16 heavy (non-hydrogen) atoms. The summed E-state index contributed by atoms with van der Waals surface area (Å²) in [7, 11) is 2.20. The van der Waals surface area contributed by atoms with Gasteiger partial charge < -0.3 is 15.5 Å². The van der Waals surface area contributed by atoms with Gasteiger partial charge >= 0.3 is 0 Å². The zero-order valence-electron chi connectivity index (χ0n) is 10.2. The normalized spacial score (nSPS) is 32.4. The van der Waals surface area contributed by atoms with Gasteiger partial charge in [0.1, 0.15) is 0 Å². The Bertz CT molecular complexity index is 234. The van der Waals surface area contributed by atoms with Crippen LogP contribution in [0.4, 0.5) is 0 Å². The fourth-order valence-corrected chi connectivity index (χ4v) is 2.68. The van der Waals surface area contributed by atoms with Crippen LogP contribution in [-0.4, -0.2) is 50.1 Å². The van der Waals surface area contributed by atoms with Crippen LogP contribution >= 0.6 is 0 Å². The van der Waals surface area contributed by atoms with E-state index in [0.29, 0.717) is 12.5 Å². The summed E-state index contributed by atoms with van der Waals surface area (Å²) in [5.41, 5.74) is 0. The average molecular weight is 225 g/mol. The maximum atomic E-state index is 11.0. The van der Waals surface area contributed by atoms with Gasteiger partial charge in [-0.2, -0.15) is 0 Å². The van der Waals surface area contributed by atoms with E-state index >= 15 is 0 Å². The van der Waals surface area contributed by atoms with Crippen molar-refractivity contribution in [3.8, 4) is 0 Å². The summed E-state index contributed by atoms with van der Waals surface area (Å²) in [5.74, 6) is 0.992. The van der Waals surface area contributed by atoms with Crippen LogP contribution in [0.25, 0.3) is 0 Å². The van der Waals surface area contributed by atoms with E-state index in [9.17, 15) is 4.79 Å². The quantitative estimate of drug-likeness (QED) is 0.721. The van der Waals surface area contributed by atoms with Crippen molar-refractivity contribution in [1.29, 1.82) is 0 Å². The van der Waals surface area contributed by atoms with E-state index in [0.717, 1.165) is 25.4 Å². The second-order valence-electron chi connectivity index (χ2n) is 5.22. The first-order valence-electron chi connectivity index (χ1n) is 6.42. The minimum absolute atomic E-state index is 0.204. The Kier molecular flexibility index (Phi) is 4.18. The number of rotatable bonds is 3. The third kappa shape index (κ3) is 3.46. The predicted octanol–water partition coefficient (Wildman–Crippen LogP) is 0.196. The van der Waals surface area contributed by atoms with E-state index in [1.165, 1.54) is 25.9 Å². The smallest absolute Gasteiger partial charge is 0.220 e. The maximum Gasteiger partial charge on any atom is 0.220 e. The molecule has 0 bridgehead atoms. The van der Waals surface area contributed by atoms with Gasteiger partial charge in [-0.05, 0) is 45.3 Å². The molecule has 0 radical (unpaired) electrons. The number of carbonyl (C=O) groups excluding carboxylic acids is 1. The Balaban J connectivity index is 1.65. The van der Waals surface area contributed by atoms with E-state index in [-0.39, 0.29) is 5.91 Å². The molecule has 2 saturated heterocycles. The molecule has 4 nitrogen and oxygen atoms in total. The van der Waals surface area contributed by atoms with Crippen molar-refractivity contribution in [3.63, 3.8) is 0 Å². The van der Waals surface area contributed by atoms with Crippen molar-refractivity contribution in [2.24, 2.45) is 5.92 Å². The number of amides is 1. The highest BCUT2D eigenvalue weighted by Crippen LogP contribution is 2.14. The van der Waals surface area contributed by atoms with E-state index < -0.39 is 0 Å². The van der Waals surface area contributed by atoms with E-state index in [1.807, 2.05) is 0 Å². The summed E-state index contributed by atoms with van der Waals surface area (Å²) >= 11 is 0. The summed E-state index contributed by atoms with van der Waals surface area (Å²) in [6, 6.07) is 0.491. The van der Waals surface area contributed by atoms with Gasteiger partial charge in [-0.1, -0.05) is 0 Å². The third-order valence-corrected chi connectivity index (χ3v) is 3.68. The van der Waals surface area contributed by atoms with Crippen molar-refractivity contribution in [2.75, 3.05) is 33.2 Å². The summed E-state index contributed by atoms with van der Waals surface area (Å²) in [6.07, 6.45) is 4.34. The van der Waals surface area contributed by atoms with Crippen LogP contribution in [0.1, 0.15) is 25.7 Å². The van der Waals surface area contributed by atoms with Gasteiger partial charge in [0, 0.05) is 25.6 Å². The van der Waals surface area contributed by atoms with Crippen LogP contribution in [0.3, 0.4) is 0 Å². The highest BCUT2D eigenvalue weighted by molar-refractivity contribution is 5.76. The van der Waals surface area contributed by atoms with E-state index in [1.54, 1.807) is 0 Å². The van der Waals surface area contributed by atoms with Crippen LogP contribution in [0.2, 0.25) is 0 Å². The van der Waals surface area contributed by atoms with Gasteiger partial charge in [-0.15, -0.1) is 0 Å². The minimum atomic E-state index is 0.204. The third-order valence-electron chi connectivity index (χ3n) is 3.68. The standard InChI is InChI=1S/C12H23N3O/c1-15-6-2-3-10(9-15)7-13-11-4-5-12(16)14-8-11/h10-11,13H,2-9H2,1H3,(H,14,16). The summed E-state index contributed by atoms with van der Waals surface area (Å²) < 4.78 is 0. The molecule has 2 heterocycles. The maximum absolute atomic E-state index is 11.0. The molecule has 0 aliphatic carbocycles. The van der Waals surface area contributed by atoms with Crippen LogP contribution < -0.4 is 10.6 Å². The largest absolute Gasteiger partial charge is 0.355 e. The number of hydrogen-bond acceptors (Lipinski definition) is 3. The zero-order chi connectivity index (χ0) is 11.4. The Morgan fingerprint density at radius 1 is 1.50 bits per heavy atom. The molecule has 2 atom stereocenters. The molecule has 2 fully saturated rings. The van der Waals surface area contributed by atoms with Crippen LogP contribution in [0.15, 0.2) is 0 Å². The molecule has 2 aliphatic heterocycles. The number of piperidine rings is 2. The van der Waals surface area contributed by atoms with Crippen molar-refractivity contribution >= 4 is 5.91 Å². The van der Waals surface area contributed by atoms with Gasteiger partial charge in [0.05, 0.1) is 0 Å². The van der Waals surface area contributed by atoms with Gasteiger partial charge in [0.2, 0.25) is 5.91 Å². The Hall–Kier alpha value is -0.610. The number of likely N-dealkylation sites (tertiary alicyclic amines) is 1. The number of nitrogens with zero attached hydrogens (tertiary/aromatic N) is 1. The van der Waals surface area contributed by atoms with Gasteiger partial charge in [-0.25, -0.2) is 0 Å².